The van der Waals surface area contributed by atoms with Crippen LogP contribution < -0.4 is 19.8 Å². The number of hydrogen-bond donors (Lipinski definition) is 3. The molecule has 0 radical (unpaired) electrons. The standard InChI is InChI=1S/C26H31N9O2S/c36-38(37,33-21-8-7-19-18-27-32-23(19)17-21)22-11-9-20(10-12-22)28-24-29-25(34-13-3-1-4-14-34)31-26(30-24)35-15-5-2-6-16-35/h7-12,17-18,33H,1-6,13-16H2,(H,27,32)(H,28,29,30,31). The zero-order valence-electron chi connectivity index (χ0n) is 21.1. The van der Waals surface area contributed by atoms with Crippen LogP contribution in [0.5, 0.6) is 0 Å². The summed E-state index contributed by atoms with van der Waals surface area (Å²) in [6.45, 7) is 3.76. The van der Waals surface area contributed by atoms with Crippen molar-refractivity contribution in [1.29, 1.82) is 0 Å². The Morgan fingerprint density at radius 3 is 1.97 bits per heavy atom. The van der Waals surface area contributed by atoms with Gasteiger partial charge >= 0.3 is 0 Å². The van der Waals surface area contributed by atoms with Crippen molar-refractivity contribution in [2.24, 2.45) is 0 Å². The number of H-pyrrole nitrogens is 1. The Bertz CT molecular complexity index is 1470. The number of fused-ring (bicyclic) bond motifs is 1. The fraction of sp³-hybridized carbons (Fsp3) is 0.385. The van der Waals surface area contributed by atoms with Crippen LogP contribution in [-0.4, -0.2) is 59.7 Å². The van der Waals surface area contributed by atoms with Crippen LogP contribution in [0.4, 0.5) is 29.2 Å². The molecule has 198 valence electrons. The van der Waals surface area contributed by atoms with E-state index in [0.29, 0.717) is 29.2 Å². The minimum atomic E-state index is -3.76. The summed E-state index contributed by atoms with van der Waals surface area (Å²) in [6, 6.07) is 11.8. The topological polar surface area (TPSA) is 132 Å². The Kier molecular flexibility index (Phi) is 6.71. The molecule has 4 aromatic rings. The number of nitrogens with zero attached hydrogens (tertiary/aromatic N) is 6. The molecule has 0 saturated carbocycles. The first kappa shape index (κ1) is 24.4. The first-order valence-corrected chi connectivity index (χ1v) is 14.6. The zero-order chi connectivity index (χ0) is 26.0. The fourth-order valence-corrected chi connectivity index (χ4v) is 5.99. The number of benzene rings is 2. The van der Waals surface area contributed by atoms with Crippen LogP contribution in [0.3, 0.4) is 0 Å². The Morgan fingerprint density at radius 2 is 1.34 bits per heavy atom. The summed E-state index contributed by atoms with van der Waals surface area (Å²) in [7, 11) is -3.76. The van der Waals surface area contributed by atoms with Gasteiger partial charge in [-0.3, -0.25) is 9.82 Å². The first-order valence-electron chi connectivity index (χ1n) is 13.1. The van der Waals surface area contributed by atoms with Crippen LogP contribution in [0, 0.1) is 0 Å². The van der Waals surface area contributed by atoms with Crippen LogP contribution in [0.1, 0.15) is 38.5 Å². The number of aromatic amines is 1. The van der Waals surface area contributed by atoms with Gasteiger partial charge < -0.3 is 15.1 Å². The lowest BCUT2D eigenvalue weighted by molar-refractivity contribution is 0.556. The van der Waals surface area contributed by atoms with Gasteiger partial charge in [0, 0.05) is 37.3 Å². The molecular weight excluding hydrogens is 502 g/mol. The molecule has 2 aromatic carbocycles. The zero-order valence-corrected chi connectivity index (χ0v) is 21.9. The average Bonchev–Trinajstić information content (AvgIpc) is 3.42. The molecule has 0 bridgehead atoms. The molecule has 38 heavy (non-hydrogen) atoms. The summed E-state index contributed by atoms with van der Waals surface area (Å²) in [4.78, 5) is 18.9. The highest BCUT2D eigenvalue weighted by Crippen LogP contribution is 2.25. The van der Waals surface area contributed by atoms with Crippen LogP contribution in [0.15, 0.2) is 53.6 Å². The van der Waals surface area contributed by atoms with Crippen molar-refractivity contribution in [2.75, 3.05) is 46.0 Å². The van der Waals surface area contributed by atoms with E-state index in [0.717, 1.165) is 62.8 Å². The molecule has 4 heterocycles. The first-order chi connectivity index (χ1) is 18.5. The number of sulfonamides is 1. The fourth-order valence-electron chi connectivity index (χ4n) is 4.94. The van der Waals surface area contributed by atoms with Crippen molar-refractivity contribution in [3.8, 4) is 0 Å². The summed E-state index contributed by atoms with van der Waals surface area (Å²) in [5.74, 6) is 1.85. The lowest BCUT2D eigenvalue weighted by Crippen LogP contribution is -2.34. The van der Waals surface area contributed by atoms with Gasteiger partial charge in [0.1, 0.15) is 0 Å². The number of piperidine rings is 2. The Balaban J connectivity index is 1.21. The van der Waals surface area contributed by atoms with Gasteiger partial charge in [0.05, 0.1) is 22.3 Å². The SMILES string of the molecule is O=S(=O)(Nc1ccc2cn[nH]c2c1)c1ccc(Nc2nc(N3CCCCC3)nc(N3CCCCC3)n2)cc1. The molecule has 2 aliphatic heterocycles. The van der Waals surface area contributed by atoms with Gasteiger partial charge in [-0.2, -0.15) is 20.1 Å². The number of nitrogens with one attached hydrogen (secondary N) is 3. The van der Waals surface area contributed by atoms with Crippen molar-refractivity contribution in [3.63, 3.8) is 0 Å². The number of aromatic nitrogens is 5. The Morgan fingerprint density at radius 1 is 0.737 bits per heavy atom. The quantitative estimate of drug-likeness (QED) is 0.318. The second kappa shape index (κ2) is 10.4. The Hall–Kier alpha value is -3.93. The molecule has 2 saturated heterocycles. The van der Waals surface area contributed by atoms with E-state index in [1.807, 2.05) is 6.07 Å². The maximum Gasteiger partial charge on any atom is 0.261 e. The molecule has 12 heteroatoms. The van der Waals surface area contributed by atoms with Gasteiger partial charge in [-0.05, 0) is 81.0 Å². The molecular formula is C26H31N9O2S. The van der Waals surface area contributed by atoms with E-state index < -0.39 is 10.0 Å². The predicted molar refractivity (Wildman–Crippen MR) is 149 cm³/mol. The third-order valence-electron chi connectivity index (χ3n) is 7.00. The van der Waals surface area contributed by atoms with E-state index >= 15 is 0 Å². The second-order valence-electron chi connectivity index (χ2n) is 9.78. The maximum absolute atomic E-state index is 13.0. The van der Waals surface area contributed by atoms with Crippen molar-refractivity contribution in [3.05, 3.63) is 48.7 Å². The maximum atomic E-state index is 13.0. The number of rotatable bonds is 7. The summed E-state index contributed by atoms with van der Waals surface area (Å²) in [5, 5.41) is 11.0. The van der Waals surface area contributed by atoms with E-state index in [1.54, 1.807) is 42.6 Å². The number of hydrogen-bond acceptors (Lipinski definition) is 9. The van der Waals surface area contributed by atoms with Crippen molar-refractivity contribution < 1.29 is 8.42 Å². The van der Waals surface area contributed by atoms with E-state index in [-0.39, 0.29) is 4.90 Å². The molecule has 2 fully saturated rings. The van der Waals surface area contributed by atoms with Gasteiger partial charge in [-0.25, -0.2) is 8.42 Å². The van der Waals surface area contributed by atoms with Gasteiger partial charge in [0.15, 0.2) is 0 Å². The smallest absolute Gasteiger partial charge is 0.261 e. The van der Waals surface area contributed by atoms with Crippen molar-refractivity contribution in [2.45, 2.75) is 43.4 Å². The van der Waals surface area contributed by atoms with E-state index in [2.05, 4.69) is 30.0 Å². The van der Waals surface area contributed by atoms with E-state index in [1.165, 1.54) is 12.8 Å². The Labute approximate surface area is 221 Å². The summed E-state index contributed by atoms with van der Waals surface area (Å²) < 4.78 is 28.6. The molecule has 2 aromatic heterocycles. The highest BCUT2D eigenvalue weighted by atomic mass is 32.2. The molecule has 0 aliphatic carbocycles. The van der Waals surface area contributed by atoms with E-state index in [4.69, 9.17) is 15.0 Å². The van der Waals surface area contributed by atoms with Crippen molar-refractivity contribution in [1.82, 2.24) is 25.1 Å². The summed E-state index contributed by atoms with van der Waals surface area (Å²) in [5.41, 5.74) is 1.92. The molecule has 0 unspecified atom stereocenters. The molecule has 0 spiro atoms. The summed E-state index contributed by atoms with van der Waals surface area (Å²) >= 11 is 0. The molecule has 3 N–H and O–H groups in total. The highest BCUT2D eigenvalue weighted by Gasteiger charge is 2.21. The average molecular weight is 534 g/mol. The molecule has 6 rings (SSSR count). The lowest BCUT2D eigenvalue weighted by atomic mass is 10.1. The van der Waals surface area contributed by atoms with Crippen LogP contribution >= 0.6 is 0 Å². The van der Waals surface area contributed by atoms with Gasteiger partial charge in [0.25, 0.3) is 10.0 Å². The molecule has 2 aliphatic rings. The summed E-state index contributed by atoms with van der Waals surface area (Å²) in [6.07, 6.45) is 8.68. The highest BCUT2D eigenvalue weighted by molar-refractivity contribution is 7.92. The van der Waals surface area contributed by atoms with Gasteiger partial charge in [-0.15, -0.1) is 0 Å². The predicted octanol–water partition coefficient (Wildman–Crippen LogP) is 4.27. The third kappa shape index (κ3) is 5.35. The van der Waals surface area contributed by atoms with E-state index in [9.17, 15) is 8.42 Å². The second-order valence-corrected chi connectivity index (χ2v) is 11.5. The minimum Gasteiger partial charge on any atom is -0.341 e. The third-order valence-corrected chi connectivity index (χ3v) is 8.40. The van der Waals surface area contributed by atoms with Crippen LogP contribution in [-0.2, 0) is 10.0 Å². The largest absolute Gasteiger partial charge is 0.341 e. The molecule has 0 amide bonds. The lowest BCUT2D eigenvalue weighted by Gasteiger charge is -2.30. The van der Waals surface area contributed by atoms with Gasteiger partial charge in [0.2, 0.25) is 17.8 Å². The normalized spacial score (nSPS) is 16.5. The van der Waals surface area contributed by atoms with Crippen LogP contribution in [0.2, 0.25) is 0 Å². The van der Waals surface area contributed by atoms with Gasteiger partial charge in [-0.1, -0.05) is 0 Å². The van der Waals surface area contributed by atoms with Crippen LogP contribution in [0.25, 0.3) is 10.9 Å². The number of anilines is 5. The minimum absolute atomic E-state index is 0.159. The monoisotopic (exact) mass is 533 g/mol. The molecule has 11 nitrogen and oxygen atoms in total. The van der Waals surface area contributed by atoms with Crippen molar-refractivity contribution >= 4 is 50.1 Å². The molecule has 0 atom stereocenters.